The number of alkyl halides is 3. The lowest BCUT2D eigenvalue weighted by molar-refractivity contribution is -0.137. The van der Waals surface area contributed by atoms with Crippen LogP contribution in [0.1, 0.15) is 18.4 Å². The van der Waals surface area contributed by atoms with Gasteiger partial charge in [-0.05, 0) is 43.3 Å². The fourth-order valence-corrected chi connectivity index (χ4v) is 2.44. The van der Waals surface area contributed by atoms with Gasteiger partial charge in [0.05, 0.1) is 30.0 Å². The van der Waals surface area contributed by atoms with Crippen molar-refractivity contribution in [2.45, 2.75) is 19.6 Å². The largest absolute Gasteiger partial charge is 0.450 e. The maximum absolute atomic E-state index is 12.7. The van der Waals surface area contributed by atoms with Gasteiger partial charge < -0.3 is 19.8 Å². The molecule has 0 atom stereocenters. The molecule has 29 heavy (non-hydrogen) atoms. The number of carbonyl (C=O) groups excluding carboxylic acids is 1. The number of hydrogen-bond donors (Lipinski definition) is 2. The first kappa shape index (κ1) is 20.2. The van der Waals surface area contributed by atoms with Crippen LogP contribution in [0.3, 0.4) is 0 Å². The van der Waals surface area contributed by atoms with Crippen molar-refractivity contribution in [3.8, 4) is 11.5 Å². The van der Waals surface area contributed by atoms with Crippen LogP contribution in [0.25, 0.3) is 11.5 Å². The molecule has 0 radical (unpaired) electrons. The molecular weight excluding hydrogens is 389 g/mol. The maximum atomic E-state index is 12.7. The Kier molecular flexibility index (Phi) is 6.01. The highest BCUT2D eigenvalue weighted by Gasteiger charge is 2.30. The Morgan fingerprint density at radius 3 is 2.52 bits per heavy atom. The molecule has 152 valence electrons. The number of hydrogen-bond acceptors (Lipinski definition) is 6. The number of aromatic nitrogens is 2. The molecule has 3 aromatic rings. The second kappa shape index (κ2) is 8.63. The molecule has 0 saturated heterocycles. The summed E-state index contributed by atoms with van der Waals surface area (Å²) in [5.74, 6) is 0.373. The van der Waals surface area contributed by atoms with Gasteiger partial charge in [0, 0.05) is 5.69 Å². The minimum Gasteiger partial charge on any atom is -0.450 e. The highest BCUT2D eigenvalue weighted by atomic mass is 19.4. The van der Waals surface area contributed by atoms with Crippen molar-refractivity contribution in [1.82, 2.24) is 15.5 Å². The minimum atomic E-state index is -4.39. The predicted octanol–water partition coefficient (Wildman–Crippen LogP) is 4.75. The molecule has 0 aliphatic rings. The molecule has 1 aromatic heterocycles. The summed E-state index contributed by atoms with van der Waals surface area (Å²) in [4.78, 5) is 11.3. The zero-order valence-electron chi connectivity index (χ0n) is 15.3. The van der Waals surface area contributed by atoms with Crippen LogP contribution in [0.4, 0.5) is 29.3 Å². The lowest BCUT2D eigenvalue weighted by Crippen LogP contribution is -2.23. The summed E-state index contributed by atoms with van der Waals surface area (Å²) in [6.45, 7) is 1.93. The van der Waals surface area contributed by atoms with Crippen LogP contribution in [0.15, 0.2) is 52.9 Å². The molecule has 2 aromatic carbocycles. The van der Waals surface area contributed by atoms with E-state index in [2.05, 4.69) is 20.8 Å². The Morgan fingerprint density at radius 2 is 1.83 bits per heavy atom. The number of ether oxygens (including phenoxy) is 1. The molecular formula is C19H17F3N4O3. The van der Waals surface area contributed by atoms with Gasteiger partial charge in [0.15, 0.2) is 0 Å². The van der Waals surface area contributed by atoms with Gasteiger partial charge in [-0.2, -0.15) is 13.2 Å². The Balaban J connectivity index is 1.75. The summed E-state index contributed by atoms with van der Waals surface area (Å²) in [7, 11) is 0. The molecule has 0 unspecified atom stereocenters. The van der Waals surface area contributed by atoms with E-state index in [0.717, 1.165) is 12.1 Å². The summed E-state index contributed by atoms with van der Waals surface area (Å²) in [6, 6.07) is 11.6. The first-order chi connectivity index (χ1) is 13.9. The molecule has 10 heteroatoms. The van der Waals surface area contributed by atoms with Gasteiger partial charge in [-0.3, -0.25) is 0 Å². The van der Waals surface area contributed by atoms with Gasteiger partial charge in [0.25, 0.3) is 0 Å². The summed E-state index contributed by atoms with van der Waals surface area (Å²) >= 11 is 0. The number of carbonyl (C=O) groups is 1. The van der Waals surface area contributed by atoms with E-state index in [9.17, 15) is 18.0 Å². The normalized spacial score (nSPS) is 11.2. The number of para-hydroxylation sites is 1. The molecule has 0 saturated carbocycles. The van der Waals surface area contributed by atoms with Crippen molar-refractivity contribution < 1.29 is 27.1 Å². The second-order valence-corrected chi connectivity index (χ2v) is 5.82. The molecule has 2 N–H and O–H groups in total. The molecule has 0 aliphatic carbocycles. The average molecular weight is 406 g/mol. The minimum absolute atomic E-state index is 0.000331. The average Bonchev–Trinajstić information content (AvgIpc) is 3.16. The zero-order valence-corrected chi connectivity index (χ0v) is 15.3. The van der Waals surface area contributed by atoms with Gasteiger partial charge >= 0.3 is 12.3 Å². The Labute approximate surface area is 163 Å². The quantitative estimate of drug-likeness (QED) is 0.614. The summed E-state index contributed by atoms with van der Waals surface area (Å²) in [5, 5.41) is 13.3. The molecule has 0 bridgehead atoms. The summed E-state index contributed by atoms with van der Waals surface area (Å²) in [6.07, 6.45) is -5.00. The number of amides is 1. The fourth-order valence-electron chi connectivity index (χ4n) is 2.44. The highest BCUT2D eigenvalue weighted by molar-refractivity contribution is 5.76. The van der Waals surface area contributed by atoms with Crippen LogP contribution >= 0.6 is 0 Å². The number of rotatable bonds is 6. The van der Waals surface area contributed by atoms with Crippen molar-refractivity contribution in [2.24, 2.45) is 0 Å². The third kappa shape index (κ3) is 5.24. The third-order valence-electron chi connectivity index (χ3n) is 3.77. The van der Waals surface area contributed by atoms with E-state index in [0.29, 0.717) is 16.9 Å². The maximum Gasteiger partial charge on any atom is 0.416 e. The van der Waals surface area contributed by atoms with E-state index in [-0.39, 0.29) is 24.9 Å². The number of benzene rings is 2. The van der Waals surface area contributed by atoms with E-state index in [1.54, 1.807) is 31.2 Å². The number of nitrogens with one attached hydrogen (secondary N) is 2. The first-order valence-electron chi connectivity index (χ1n) is 8.63. The fraction of sp³-hybridized carbons (Fsp3) is 0.211. The lowest BCUT2D eigenvalue weighted by Gasteiger charge is -2.11. The number of anilines is 2. The number of alkyl carbamates (subject to hydrolysis) is 1. The van der Waals surface area contributed by atoms with Crippen LogP contribution in [-0.4, -0.2) is 22.9 Å². The SMILES string of the molecule is CCOC(=O)NCc1nnc(-c2ccccc2Nc2ccc(C(F)(F)F)cc2)o1. The standard InChI is InChI=1S/C19H17F3N4O3/c1-2-28-18(27)23-11-16-25-26-17(29-16)14-5-3-4-6-15(14)24-13-9-7-12(8-10-13)19(20,21)22/h3-10,24H,2,11H2,1H3,(H,23,27). The van der Waals surface area contributed by atoms with Crippen LogP contribution < -0.4 is 10.6 Å². The Morgan fingerprint density at radius 1 is 1.10 bits per heavy atom. The number of halogens is 3. The van der Waals surface area contributed by atoms with Crippen LogP contribution in [0, 0.1) is 0 Å². The molecule has 3 rings (SSSR count). The van der Waals surface area contributed by atoms with Gasteiger partial charge in [0.1, 0.15) is 0 Å². The van der Waals surface area contributed by atoms with E-state index in [1.165, 1.54) is 12.1 Å². The van der Waals surface area contributed by atoms with E-state index in [4.69, 9.17) is 9.15 Å². The third-order valence-corrected chi connectivity index (χ3v) is 3.77. The van der Waals surface area contributed by atoms with E-state index >= 15 is 0 Å². The first-order valence-corrected chi connectivity index (χ1v) is 8.63. The van der Waals surface area contributed by atoms with Gasteiger partial charge in [-0.15, -0.1) is 10.2 Å². The molecule has 7 nitrogen and oxygen atoms in total. The summed E-state index contributed by atoms with van der Waals surface area (Å²) < 4.78 is 48.4. The monoisotopic (exact) mass is 406 g/mol. The van der Waals surface area contributed by atoms with Crippen molar-refractivity contribution >= 4 is 17.5 Å². The van der Waals surface area contributed by atoms with Gasteiger partial charge in [-0.1, -0.05) is 12.1 Å². The van der Waals surface area contributed by atoms with Gasteiger partial charge in [-0.25, -0.2) is 4.79 Å². The van der Waals surface area contributed by atoms with E-state index in [1.807, 2.05) is 0 Å². The molecule has 0 spiro atoms. The smallest absolute Gasteiger partial charge is 0.416 e. The van der Waals surface area contributed by atoms with Gasteiger partial charge in [0.2, 0.25) is 11.8 Å². The molecule has 1 heterocycles. The predicted molar refractivity (Wildman–Crippen MR) is 98.3 cm³/mol. The van der Waals surface area contributed by atoms with Crippen molar-refractivity contribution in [3.05, 3.63) is 60.0 Å². The van der Waals surface area contributed by atoms with Crippen molar-refractivity contribution in [2.75, 3.05) is 11.9 Å². The molecule has 0 aliphatic heterocycles. The lowest BCUT2D eigenvalue weighted by atomic mass is 10.1. The van der Waals surface area contributed by atoms with Crippen LogP contribution in [0.5, 0.6) is 0 Å². The Bertz CT molecular complexity index is 971. The molecule has 1 amide bonds. The zero-order chi connectivity index (χ0) is 20.9. The second-order valence-electron chi connectivity index (χ2n) is 5.82. The van der Waals surface area contributed by atoms with Crippen molar-refractivity contribution in [3.63, 3.8) is 0 Å². The van der Waals surface area contributed by atoms with E-state index < -0.39 is 17.8 Å². The molecule has 0 fully saturated rings. The number of nitrogens with zero attached hydrogens (tertiary/aromatic N) is 2. The summed E-state index contributed by atoms with van der Waals surface area (Å²) in [5.41, 5.74) is 0.865. The topological polar surface area (TPSA) is 89.3 Å². The van der Waals surface area contributed by atoms with Crippen LogP contribution in [-0.2, 0) is 17.5 Å². The van der Waals surface area contributed by atoms with Crippen LogP contribution in [0.2, 0.25) is 0 Å². The Hall–Kier alpha value is -3.56. The van der Waals surface area contributed by atoms with Crippen molar-refractivity contribution in [1.29, 1.82) is 0 Å². The highest BCUT2D eigenvalue weighted by Crippen LogP contribution is 2.32.